The number of hydrogen-bond donors (Lipinski definition) is 0. The van der Waals surface area contributed by atoms with Crippen LogP contribution < -0.4 is 0 Å². The van der Waals surface area contributed by atoms with Gasteiger partial charge in [-0.25, -0.2) is 22.0 Å². The Morgan fingerprint density at radius 3 is 1.74 bits per heavy atom. The van der Waals surface area contributed by atoms with Crippen molar-refractivity contribution in [1.29, 1.82) is 0 Å². The zero-order valence-corrected chi connectivity index (χ0v) is 18.1. The van der Waals surface area contributed by atoms with Gasteiger partial charge in [-0.1, -0.05) is 27.7 Å². The fourth-order valence-electron chi connectivity index (χ4n) is 2.04. The maximum absolute atomic E-state index is 13.7. The molecule has 148 valence electrons. The van der Waals surface area contributed by atoms with E-state index in [4.69, 9.17) is 0 Å². The van der Waals surface area contributed by atoms with E-state index in [2.05, 4.69) is 11.1 Å². The van der Waals surface area contributed by atoms with Crippen LogP contribution in [0.25, 0.3) is 0 Å². The Kier molecular flexibility index (Phi) is 11.1. The maximum atomic E-state index is 13.7. The van der Waals surface area contributed by atoms with Crippen LogP contribution in [0.2, 0.25) is 0 Å². The van der Waals surface area contributed by atoms with Crippen LogP contribution in [0.3, 0.4) is 0 Å². The Labute approximate surface area is 182 Å². The van der Waals surface area contributed by atoms with Crippen LogP contribution in [0.1, 0.15) is 38.8 Å². The third-order valence-electron chi connectivity index (χ3n) is 3.46. The SMILES string of the molecule is CC(=Nc1c(F)c(F)c(F)c(F)c1F)c1[c-]c(C(C)(C)C)ccc1.Cl.Cl.[Ti]. The summed E-state index contributed by atoms with van der Waals surface area (Å²) in [7, 11) is 0. The second-order valence-electron chi connectivity index (χ2n) is 6.34. The summed E-state index contributed by atoms with van der Waals surface area (Å²) in [4.78, 5) is 3.60. The third kappa shape index (κ3) is 6.01. The number of hydrogen-bond acceptors (Lipinski definition) is 1. The van der Waals surface area contributed by atoms with Crippen LogP contribution >= 0.6 is 24.8 Å². The van der Waals surface area contributed by atoms with Crippen LogP contribution in [0.4, 0.5) is 27.6 Å². The molecule has 9 heteroatoms. The van der Waals surface area contributed by atoms with Crippen LogP contribution in [-0.4, -0.2) is 5.71 Å². The van der Waals surface area contributed by atoms with E-state index in [1.54, 1.807) is 12.1 Å². The third-order valence-corrected chi connectivity index (χ3v) is 3.46. The molecule has 0 aliphatic carbocycles. The van der Waals surface area contributed by atoms with Gasteiger partial charge in [-0.05, 0) is 11.1 Å². The summed E-state index contributed by atoms with van der Waals surface area (Å²) < 4.78 is 67.0. The molecule has 0 fully saturated rings. The second kappa shape index (κ2) is 10.6. The summed E-state index contributed by atoms with van der Waals surface area (Å²) in [5.74, 6) is -10.2. The van der Waals surface area contributed by atoms with E-state index in [-0.39, 0.29) is 57.7 Å². The summed E-state index contributed by atoms with van der Waals surface area (Å²) in [5, 5.41) is 0. The summed E-state index contributed by atoms with van der Waals surface area (Å²) in [6.45, 7) is 7.29. The number of aliphatic imine (C=N–C) groups is 1. The molecule has 0 atom stereocenters. The van der Waals surface area contributed by atoms with Crippen LogP contribution in [0.5, 0.6) is 0 Å². The Morgan fingerprint density at radius 1 is 0.852 bits per heavy atom. The van der Waals surface area contributed by atoms with Gasteiger partial charge in [0.15, 0.2) is 23.3 Å². The zero-order valence-electron chi connectivity index (χ0n) is 14.9. The van der Waals surface area contributed by atoms with Crippen molar-refractivity contribution in [3.63, 3.8) is 0 Å². The molecule has 0 amide bonds. The first-order valence-electron chi connectivity index (χ1n) is 7.14. The minimum absolute atomic E-state index is 0. The van der Waals surface area contributed by atoms with Crippen molar-refractivity contribution >= 4 is 36.2 Å². The van der Waals surface area contributed by atoms with E-state index in [9.17, 15) is 22.0 Å². The molecule has 2 rings (SSSR count). The fourth-order valence-corrected chi connectivity index (χ4v) is 2.04. The smallest absolute Gasteiger partial charge is 0.200 e. The first-order chi connectivity index (χ1) is 11.0. The molecule has 0 aliphatic rings. The predicted octanol–water partition coefficient (Wildman–Crippen LogP) is 6.46. The molecule has 2 aromatic carbocycles. The molecule has 0 radical (unpaired) electrons. The monoisotopic (exact) mass is 460 g/mol. The van der Waals surface area contributed by atoms with E-state index in [1.807, 2.05) is 26.8 Å². The molecule has 0 aliphatic heterocycles. The normalized spacial score (nSPS) is 11.2. The van der Waals surface area contributed by atoms with E-state index in [0.717, 1.165) is 5.56 Å². The van der Waals surface area contributed by atoms with Gasteiger partial charge in [0.2, 0.25) is 5.82 Å². The minimum Gasteiger partial charge on any atom is -0.295 e. The number of benzene rings is 2. The predicted molar refractivity (Wildman–Crippen MR) is 96.6 cm³/mol. The van der Waals surface area contributed by atoms with Gasteiger partial charge in [0.1, 0.15) is 5.69 Å². The Balaban J connectivity index is 0. The molecule has 0 N–H and O–H groups in total. The standard InChI is InChI=1S/C18H15F5N.2ClH.Ti/c1-9(10-6-5-7-11(8-10)18(2,3)4)24-17-15(22)13(20)12(19)14(21)16(17)23;;;/h5-7H,1-4H3;2*1H;/q-1;;;. The summed E-state index contributed by atoms with van der Waals surface area (Å²) in [5.41, 5.74) is -0.109. The first-order valence-corrected chi connectivity index (χ1v) is 7.14. The molecule has 0 saturated carbocycles. The number of rotatable bonds is 2. The number of nitrogens with zero attached hydrogens (tertiary/aromatic N) is 1. The van der Waals surface area contributed by atoms with Gasteiger partial charge in [0.25, 0.3) is 0 Å². The molecule has 0 spiro atoms. The summed E-state index contributed by atoms with van der Waals surface area (Å²) in [6.07, 6.45) is 0. The molecule has 0 unspecified atom stereocenters. The van der Waals surface area contributed by atoms with Gasteiger partial charge < -0.3 is 0 Å². The first kappa shape index (κ1) is 28.3. The van der Waals surface area contributed by atoms with Crippen molar-refractivity contribution in [3.8, 4) is 0 Å². The Bertz CT molecular complexity index is 806. The van der Waals surface area contributed by atoms with E-state index in [0.29, 0.717) is 5.56 Å². The maximum Gasteiger partial charge on any atom is 0.200 e. The quantitative estimate of drug-likeness (QED) is 0.122. The molecule has 0 saturated heterocycles. The summed E-state index contributed by atoms with van der Waals surface area (Å²) in [6, 6.07) is 8.18. The number of halogens is 7. The minimum atomic E-state index is -2.21. The molecule has 0 heterocycles. The van der Waals surface area contributed by atoms with Gasteiger partial charge in [0, 0.05) is 21.7 Å². The van der Waals surface area contributed by atoms with E-state index >= 15 is 0 Å². The van der Waals surface area contributed by atoms with Gasteiger partial charge in [-0.2, -0.15) is 0 Å². The topological polar surface area (TPSA) is 12.4 Å². The van der Waals surface area contributed by atoms with Crippen molar-refractivity contribution in [2.45, 2.75) is 33.1 Å². The van der Waals surface area contributed by atoms with E-state index in [1.165, 1.54) is 6.92 Å². The van der Waals surface area contributed by atoms with Gasteiger partial charge >= 0.3 is 0 Å². The average molecular weight is 461 g/mol. The molecular weight excluding hydrogens is 444 g/mol. The fraction of sp³-hybridized carbons (Fsp3) is 0.278. The van der Waals surface area contributed by atoms with Crippen molar-refractivity contribution < 1.29 is 43.7 Å². The van der Waals surface area contributed by atoms with Gasteiger partial charge in [0.05, 0.1) is 0 Å². The Hall–Kier alpha value is -0.946. The molecular formula is C18H17Cl2F5NTi-. The molecule has 27 heavy (non-hydrogen) atoms. The van der Waals surface area contributed by atoms with Gasteiger partial charge in [-0.15, -0.1) is 60.2 Å². The largest absolute Gasteiger partial charge is 0.295 e. The van der Waals surface area contributed by atoms with Crippen molar-refractivity contribution in [2.24, 2.45) is 4.99 Å². The Morgan fingerprint density at radius 2 is 1.30 bits per heavy atom. The summed E-state index contributed by atoms with van der Waals surface area (Å²) >= 11 is 0. The van der Waals surface area contributed by atoms with Crippen LogP contribution in [0, 0.1) is 35.2 Å². The molecule has 2 aromatic rings. The second-order valence-corrected chi connectivity index (χ2v) is 6.34. The van der Waals surface area contributed by atoms with Crippen LogP contribution in [-0.2, 0) is 27.1 Å². The van der Waals surface area contributed by atoms with E-state index < -0.39 is 34.8 Å². The van der Waals surface area contributed by atoms with Crippen molar-refractivity contribution in [3.05, 3.63) is 64.5 Å². The van der Waals surface area contributed by atoms with Crippen molar-refractivity contribution in [1.82, 2.24) is 0 Å². The van der Waals surface area contributed by atoms with Gasteiger partial charge in [-0.3, -0.25) is 4.99 Å². The van der Waals surface area contributed by atoms with Crippen LogP contribution in [0.15, 0.2) is 23.2 Å². The molecule has 0 bridgehead atoms. The molecule has 1 nitrogen and oxygen atoms in total. The average Bonchev–Trinajstić information content (AvgIpc) is 2.54. The zero-order chi connectivity index (χ0) is 18.2. The van der Waals surface area contributed by atoms with Crippen molar-refractivity contribution in [2.75, 3.05) is 0 Å². The molecule has 0 aromatic heterocycles.